The van der Waals surface area contributed by atoms with Gasteiger partial charge >= 0.3 is 0 Å². The van der Waals surface area contributed by atoms with E-state index in [9.17, 15) is 4.79 Å². The highest BCUT2D eigenvalue weighted by molar-refractivity contribution is 5.75. The third-order valence-electron chi connectivity index (χ3n) is 3.39. The summed E-state index contributed by atoms with van der Waals surface area (Å²) in [6.07, 6.45) is 0. The molecule has 2 aromatic carbocycles. The Balaban J connectivity index is 1.94. The van der Waals surface area contributed by atoms with Gasteiger partial charge in [0.15, 0.2) is 6.61 Å². The lowest BCUT2D eigenvalue weighted by atomic mass is 10.1. The van der Waals surface area contributed by atoms with E-state index >= 15 is 0 Å². The quantitative estimate of drug-likeness (QED) is 0.857. The van der Waals surface area contributed by atoms with E-state index in [1.54, 1.807) is 0 Å². The Morgan fingerprint density at radius 3 is 2.52 bits per heavy atom. The van der Waals surface area contributed by atoms with Crippen LogP contribution in [-0.4, -0.2) is 12.5 Å². The van der Waals surface area contributed by atoms with Crippen LogP contribution in [0.1, 0.15) is 16.7 Å². The molecule has 0 heterocycles. The molecule has 0 unspecified atom stereocenters. The van der Waals surface area contributed by atoms with Gasteiger partial charge in [-0.25, -0.2) is 0 Å². The van der Waals surface area contributed by atoms with Crippen LogP contribution in [0.25, 0.3) is 0 Å². The monoisotopic (exact) mass is 284 g/mol. The second-order valence-electron chi connectivity index (χ2n) is 5.00. The minimum Gasteiger partial charge on any atom is -0.484 e. The lowest BCUT2D eigenvalue weighted by Gasteiger charge is -2.12. The van der Waals surface area contributed by atoms with Gasteiger partial charge in [-0.1, -0.05) is 24.3 Å². The highest BCUT2D eigenvalue weighted by atomic mass is 16.5. The Bertz CT molecular complexity index is 621. The van der Waals surface area contributed by atoms with Gasteiger partial charge in [-0.2, -0.15) is 0 Å². The number of nitrogens with two attached hydrogens (primary N) is 1. The number of carbonyl (C=O) groups is 1. The number of carbonyl (C=O) groups excluding carboxylic acids is 1. The van der Waals surface area contributed by atoms with Gasteiger partial charge in [0, 0.05) is 12.2 Å². The van der Waals surface area contributed by atoms with Crippen molar-refractivity contribution in [1.29, 1.82) is 0 Å². The molecule has 0 saturated carbocycles. The number of hydrogen-bond donors (Lipinski definition) is 2. The van der Waals surface area contributed by atoms with Crippen LogP contribution in [0.3, 0.4) is 0 Å². The maximum atomic E-state index is 10.6. The molecule has 0 aliphatic heterocycles. The van der Waals surface area contributed by atoms with Gasteiger partial charge < -0.3 is 15.8 Å². The van der Waals surface area contributed by atoms with Crippen LogP contribution in [0.5, 0.6) is 5.75 Å². The van der Waals surface area contributed by atoms with E-state index in [1.165, 1.54) is 11.1 Å². The van der Waals surface area contributed by atoms with Crippen molar-refractivity contribution in [1.82, 2.24) is 0 Å². The molecule has 0 bridgehead atoms. The minimum atomic E-state index is -0.476. The summed E-state index contributed by atoms with van der Waals surface area (Å²) in [7, 11) is 0. The SMILES string of the molecule is Cc1cccc(NCc2ccc(OCC(N)=O)cc2)c1C. The fourth-order valence-electron chi connectivity index (χ4n) is 2.00. The molecule has 110 valence electrons. The molecule has 3 N–H and O–H groups in total. The van der Waals surface area contributed by atoms with Gasteiger partial charge in [0.2, 0.25) is 0 Å². The Labute approximate surface area is 124 Å². The minimum absolute atomic E-state index is 0.0971. The summed E-state index contributed by atoms with van der Waals surface area (Å²) >= 11 is 0. The standard InChI is InChI=1S/C17H20N2O2/c1-12-4-3-5-16(13(12)2)19-10-14-6-8-15(9-7-14)21-11-17(18)20/h3-9,19H,10-11H2,1-2H3,(H2,18,20). The van der Waals surface area contributed by atoms with Gasteiger partial charge in [0.1, 0.15) is 5.75 Å². The van der Waals surface area contributed by atoms with Crippen LogP contribution in [0.4, 0.5) is 5.69 Å². The first-order valence-corrected chi connectivity index (χ1v) is 6.86. The molecule has 0 fully saturated rings. The molecule has 0 aliphatic carbocycles. The Kier molecular flexibility index (Phi) is 4.82. The van der Waals surface area contributed by atoms with Crippen LogP contribution < -0.4 is 15.8 Å². The second kappa shape index (κ2) is 6.79. The van der Waals surface area contributed by atoms with Gasteiger partial charge in [-0.15, -0.1) is 0 Å². The number of nitrogens with one attached hydrogen (secondary N) is 1. The number of ether oxygens (including phenoxy) is 1. The van der Waals surface area contributed by atoms with Gasteiger partial charge in [0.05, 0.1) is 0 Å². The van der Waals surface area contributed by atoms with Crippen molar-refractivity contribution < 1.29 is 9.53 Å². The molecule has 4 nitrogen and oxygen atoms in total. The first kappa shape index (κ1) is 14.9. The number of benzene rings is 2. The fourth-order valence-corrected chi connectivity index (χ4v) is 2.00. The lowest BCUT2D eigenvalue weighted by molar-refractivity contribution is -0.119. The summed E-state index contributed by atoms with van der Waals surface area (Å²) < 4.78 is 5.23. The van der Waals surface area contributed by atoms with E-state index < -0.39 is 5.91 Å². The molecular formula is C17H20N2O2. The number of anilines is 1. The van der Waals surface area contributed by atoms with Crippen LogP contribution in [0, 0.1) is 13.8 Å². The Morgan fingerprint density at radius 2 is 1.86 bits per heavy atom. The van der Waals surface area contributed by atoms with Crippen LogP contribution in [-0.2, 0) is 11.3 Å². The van der Waals surface area contributed by atoms with Crippen LogP contribution in [0.2, 0.25) is 0 Å². The molecule has 0 aliphatic rings. The van der Waals surface area contributed by atoms with Crippen molar-refractivity contribution in [3.8, 4) is 5.75 Å². The topological polar surface area (TPSA) is 64.3 Å². The summed E-state index contributed by atoms with van der Waals surface area (Å²) in [6.45, 7) is 4.85. The summed E-state index contributed by atoms with van der Waals surface area (Å²) in [4.78, 5) is 10.6. The Hall–Kier alpha value is -2.49. The fraction of sp³-hybridized carbons (Fsp3) is 0.235. The van der Waals surface area contributed by atoms with E-state index in [-0.39, 0.29) is 6.61 Å². The molecule has 2 aromatic rings. The summed E-state index contributed by atoms with van der Waals surface area (Å²) in [6, 6.07) is 13.8. The molecule has 0 atom stereocenters. The molecule has 0 spiro atoms. The average molecular weight is 284 g/mol. The van der Waals surface area contributed by atoms with E-state index in [4.69, 9.17) is 10.5 Å². The maximum absolute atomic E-state index is 10.6. The van der Waals surface area contributed by atoms with Crippen LogP contribution in [0.15, 0.2) is 42.5 Å². The number of amides is 1. The van der Waals surface area contributed by atoms with Crippen molar-refractivity contribution in [2.45, 2.75) is 20.4 Å². The summed E-state index contributed by atoms with van der Waals surface area (Å²) in [5.41, 5.74) is 9.85. The zero-order valence-electron chi connectivity index (χ0n) is 12.3. The van der Waals surface area contributed by atoms with Crippen LogP contribution >= 0.6 is 0 Å². The highest BCUT2D eigenvalue weighted by Crippen LogP contribution is 2.19. The zero-order chi connectivity index (χ0) is 15.2. The van der Waals surface area contributed by atoms with Gasteiger partial charge in [-0.3, -0.25) is 4.79 Å². The van der Waals surface area contributed by atoms with Crippen molar-refractivity contribution in [2.24, 2.45) is 5.73 Å². The lowest BCUT2D eigenvalue weighted by Crippen LogP contribution is -2.19. The third-order valence-corrected chi connectivity index (χ3v) is 3.39. The normalized spacial score (nSPS) is 10.2. The van der Waals surface area contributed by atoms with E-state index in [0.29, 0.717) is 5.75 Å². The number of hydrogen-bond acceptors (Lipinski definition) is 3. The van der Waals surface area contributed by atoms with E-state index in [1.807, 2.05) is 30.3 Å². The number of primary amides is 1. The van der Waals surface area contributed by atoms with E-state index in [2.05, 4.69) is 31.3 Å². The smallest absolute Gasteiger partial charge is 0.255 e. The number of aryl methyl sites for hydroxylation is 1. The van der Waals surface area contributed by atoms with Crippen molar-refractivity contribution in [2.75, 3.05) is 11.9 Å². The average Bonchev–Trinajstić information content (AvgIpc) is 2.48. The van der Waals surface area contributed by atoms with Crippen molar-refractivity contribution in [3.05, 3.63) is 59.2 Å². The first-order chi connectivity index (χ1) is 10.1. The predicted octanol–water partition coefficient (Wildman–Crippen LogP) is 2.78. The zero-order valence-corrected chi connectivity index (χ0v) is 12.3. The molecule has 0 aromatic heterocycles. The highest BCUT2D eigenvalue weighted by Gasteiger charge is 2.01. The second-order valence-corrected chi connectivity index (χ2v) is 5.00. The summed E-state index contributed by atoms with van der Waals surface area (Å²) in [5, 5.41) is 3.42. The van der Waals surface area contributed by atoms with E-state index in [0.717, 1.165) is 17.8 Å². The summed E-state index contributed by atoms with van der Waals surface area (Å²) in [5.74, 6) is 0.167. The van der Waals surface area contributed by atoms with Gasteiger partial charge in [0.25, 0.3) is 5.91 Å². The molecule has 0 saturated heterocycles. The molecule has 4 heteroatoms. The van der Waals surface area contributed by atoms with Gasteiger partial charge in [-0.05, 0) is 48.7 Å². The predicted molar refractivity (Wildman–Crippen MR) is 84.4 cm³/mol. The first-order valence-electron chi connectivity index (χ1n) is 6.86. The molecule has 0 radical (unpaired) electrons. The molecule has 1 amide bonds. The Morgan fingerprint density at radius 1 is 1.14 bits per heavy atom. The number of rotatable bonds is 6. The molecule has 2 rings (SSSR count). The van der Waals surface area contributed by atoms with Crippen molar-refractivity contribution >= 4 is 11.6 Å². The van der Waals surface area contributed by atoms with Crippen molar-refractivity contribution in [3.63, 3.8) is 0 Å². The third kappa shape index (κ3) is 4.24. The molecular weight excluding hydrogens is 264 g/mol. The maximum Gasteiger partial charge on any atom is 0.255 e. The molecule has 21 heavy (non-hydrogen) atoms. The largest absolute Gasteiger partial charge is 0.484 e.